The van der Waals surface area contributed by atoms with E-state index in [2.05, 4.69) is 19.9 Å². The van der Waals surface area contributed by atoms with Gasteiger partial charge in [0.25, 0.3) is 5.91 Å². The van der Waals surface area contributed by atoms with Crippen LogP contribution in [0.2, 0.25) is 0 Å². The number of fused-ring (bicyclic) bond motifs is 4. The summed E-state index contributed by atoms with van der Waals surface area (Å²) in [5.74, 6) is -0.958. The van der Waals surface area contributed by atoms with Gasteiger partial charge < -0.3 is 10.8 Å². The van der Waals surface area contributed by atoms with Crippen molar-refractivity contribution < 1.29 is 9.90 Å². The third kappa shape index (κ3) is 1.59. The highest BCUT2D eigenvalue weighted by molar-refractivity contribution is 6.18. The first-order chi connectivity index (χ1) is 10.7. The number of hydrogen-bond donors (Lipinski definition) is 2. The summed E-state index contributed by atoms with van der Waals surface area (Å²) in [4.78, 5) is 28.6. The molecule has 0 radical (unpaired) electrons. The molecule has 22 heavy (non-hydrogen) atoms. The van der Waals surface area contributed by atoms with E-state index in [4.69, 9.17) is 5.73 Å². The summed E-state index contributed by atoms with van der Waals surface area (Å²) < 4.78 is 0. The predicted octanol–water partition coefficient (Wildman–Crippen LogP) is 1.53. The van der Waals surface area contributed by atoms with Crippen molar-refractivity contribution in [2.45, 2.75) is 0 Å². The van der Waals surface area contributed by atoms with Gasteiger partial charge in [0.15, 0.2) is 5.65 Å². The van der Waals surface area contributed by atoms with Crippen LogP contribution in [-0.2, 0) is 0 Å². The number of aromatic nitrogens is 4. The second-order valence-corrected chi connectivity index (χ2v) is 4.79. The van der Waals surface area contributed by atoms with Gasteiger partial charge in [-0.2, -0.15) is 0 Å². The third-order valence-corrected chi connectivity index (χ3v) is 3.50. The first kappa shape index (κ1) is 12.4. The Morgan fingerprint density at radius 1 is 1.09 bits per heavy atom. The summed E-state index contributed by atoms with van der Waals surface area (Å²) in [5.41, 5.74) is 6.91. The zero-order valence-corrected chi connectivity index (χ0v) is 11.2. The fourth-order valence-electron chi connectivity index (χ4n) is 2.55. The minimum atomic E-state index is -0.765. The standard InChI is InChI=1S/C15H9N5O2/c16-14(22)10-12-11(7-3-1-2-4-8(7)13(10)21)20-15-9(19-12)5-17-6-18-15/h1-6,21H,(H2,16,22). The fraction of sp³-hybridized carbons (Fsp3) is 0. The quantitative estimate of drug-likeness (QED) is 0.406. The average molecular weight is 291 g/mol. The molecule has 0 spiro atoms. The number of benzene rings is 2. The molecule has 0 aliphatic heterocycles. The van der Waals surface area contributed by atoms with Crippen LogP contribution in [0.4, 0.5) is 0 Å². The van der Waals surface area contributed by atoms with Crippen molar-refractivity contribution in [1.82, 2.24) is 19.9 Å². The van der Waals surface area contributed by atoms with Gasteiger partial charge in [0.1, 0.15) is 34.2 Å². The first-order valence-corrected chi connectivity index (χ1v) is 6.48. The topological polar surface area (TPSA) is 115 Å². The third-order valence-electron chi connectivity index (χ3n) is 3.50. The largest absolute Gasteiger partial charge is 0.506 e. The van der Waals surface area contributed by atoms with E-state index in [1.54, 1.807) is 18.2 Å². The van der Waals surface area contributed by atoms with Gasteiger partial charge in [-0.15, -0.1) is 0 Å². The van der Waals surface area contributed by atoms with Crippen molar-refractivity contribution in [3.8, 4) is 5.75 Å². The van der Waals surface area contributed by atoms with Crippen LogP contribution in [0.3, 0.4) is 0 Å². The van der Waals surface area contributed by atoms with Crippen LogP contribution < -0.4 is 5.73 Å². The summed E-state index contributed by atoms with van der Waals surface area (Å²) in [6, 6.07) is 7.07. The van der Waals surface area contributed by atoms with Crippen molar-refractivity contribution in [2.75, 3.05) is 0 Å². The van der Waals surface area contributed by atoms with E-state index in [9.17, 15) is 9.90 Å². The zero-order valence-electron chi connectivity index (χ0n) is 11.2. The van der Waals surface area contributed by atoms with Gasteiger partial charge in [0, 0.05) is 10.8 Å². The highest BCUT2D eigenvalue weighted by Crippen LogP contribution is 2.35. The maximum atomic E-state index is 11.8. The molecule has 2 heterocycles. The molecule has 3 N–H and O–H groups in total. The second kappa shape index (κ2) is 4.32. The summed E-state index contributed by atoms with van der Waals surface area (Å²) in [6.45, 7) is 0. The summed E-state index contributed by atoms with van der Waals surface area (Å²) >= 11 is 0. The maximum absolute atomic E-state index is 11.8. The van der Waals surface area contributed by atoms with Crippen LogP contribution in [0.25, 0.3) is 33.0 Å². The van der Waals surface area contributed by atoms with Gasteiger partial charge in [-0.05, 0) is 0 Å². The minimum Gasteiger partial charge on any atom is -0.506 e. The monoisotopic (exact) mass is 291 g/mol. The molecule has 4 rings (SSSR count). The van der Waals surface area contributed by atoms with Gasteiger partial charge in [0.2, 0.25) is 0 Å². The Hall–Kier alpha value is -3.35. The highest BCUT2D eigenvalue weighted by atomic mass is 16.3. The number of hydrogen-bond acceptors (Lipinski definition) is 6. The number of rotatable bonds is 1. The average Bonchev–Trinajstić information content (AvgIpc) is 2.53. The van der Waals surface area contributed by atoms with Crippen molar-refractivity contribution in [2.24, 2.45) is 5.73 Å². The molecule has 0 bridgehead atoms. The van der Waals surface area contributed by atoms with Crippen LogP contribution in [0, 0.1) is 0 Å². The van der Waals surface area contributed by atoms with Crippen LogP contribution in [0.15, 0.2) is 36.8 Å². The molecule has 2 aromatic heterocycles. The molecule has 0 atom stereocenters. The predicted molar refractivity (Wildman–Crippen MR) is 80.3 cm³/mol. The minimum absolute atomic E-state index is 0.0491. The molecule has 1 amide bonds. The smallest absolute Gasteiger partial charge is 0.254 e. The number of carbonyl (C=O) groups excluding carboxylic acids is 1. The van der Waals surface area contributed by atoms with Crippen molar-refractivity contribution in [3.05, 3.63) is 42.4 Å². The molecule has 4 aromatic rings. The van der Waals surface area contributed by atoms with Crippen LogP contribution >= 0.6 is 0 Å². The molecular formula is C15H9N5O2. The summed E-state index contributed by atoms with van der Waals surface area (Å²) in [5, 5.41) is 11.6. The second-order valence-electron chi connectivity index (χ2n) is 4.79. The molecule has 7 nitrogen and oxygen atoms in total. The van der Waals surface area contributed by atoms with Crippen molar-refractivity contribution in [3.63, 3.8) is 0 Å². The van der Waals surface area contributed by atoms with Gasteiger partial charge in [-0.3, -0.25) is 4.79 Å². The number of amides is 1. The fourth-order valence-corrected chi connectivity index (χ4v) is 2.55. The van der Waals surface area contributed by atoms with Crippen LogP contribution in [-0.4, -0.2) is 30.9 Å². The molecule has 0 aliphatic rings. The van der Waals surface area contributed by atoms with E-state index < -0.39 is 5.91 Å². The van der Waals surface area contributed by atoms with E-state index >= 15 is 0 Å². The number of nitrogens with two attached hydrogens (primary N) is 1. The van der Waals surface area contributed by atoms with Gasteiger partial charge >= 0.3 is 0 Å². The van der Waals surface area contributed by atoms with Crippen LogP contribution in [0.5, 0.6) is 5.75 Å². The number of carbonyl (C=O) groups is 1. The molecule has 0 fully saturated rings. The normalized spacial score (nSPS) is 11.3. The number of primary amides is 1. The van der Waals surface area contributed by atoms with Gasteiger partial charge in [-0.1, -0.05) is 24.3 Å². The Balaban J connectivity index is 2.35. The molecule has 0 saturated heterocycles. The van der Waals surface area contributed by atoms with Crippen LogP contribution in [0.1, 0.15) is 10.4 Å². The van der Waals surface area contributed by atoms with E-state index in [0.29, 0.717) is 27.5 Å². The maximum Gasteiger partial charge on any atom is 0.254 e. The van der Waals surface area contributed by atoms with Crippen molar-refractivity contribution in [1.29, 1.82) is 0 Å². The SMILES string of the molecule is NC(=O)c1c(O)c2ccccc2c2nc3ncncc3nc12. The molecule has 0 saturated carbocycles. The lowest BCUT2D eigenvalue weighted by Gasteiger charge is -2.10. The lowest BCUT2D eigenvalue weighted by Crippen LogP contribution is -2.13. The Labute approximate surface area is 123 Å². The lowest BCUT2D eigenvalue weighted by molar-refractivity contribution is 0.0999. The van der Waals surface area contributed by atoms with E-state index in [1.807, 2.05) is 6.07 Å². The number of phenols is 1. The Morgan fingerprint density at radius 3 is 2.64 bits per heavy atom. The van der Waals surface area contributed by atoms with Crippen molar-refractivity contribution >= 4 is 38.9 Å². The molecule has 0 unspecified atom stereocenters. The molecule has 7 heteroatoms. The number of aromatic hydroxyl groups is 1. The van der Waals surface area contributed by atoms with E-state index in [1.165, 1.54) is 12.5 Å². The summed E-state index contributed by atoms with van der Waals surface area (Å²) in [7, 11) is 0. The van der Waals surface area contributed by atoms with E-state index in [0.717, 1.165) is 0 Å². The van der Waals surface area contributed by atoms with Gasteiger partial charge in [0.05, 0.1) is 6.20 Å². The number of nitrogens with zero attached hydrogens (tertiary/aromatic N) is 4. The zero-order chi connectivity index (χ0) is 15.3. The Morgan fingerprint density at radius 2 is 1.86 bits per heavy atom. The molecular weight excluding hydrogens is 282 g/mol. The Kier molecular flexibility index (Phi) is 2.43. The first-order valence-electron chi connectivity index (χ1n) is 6.48. The molecule has 106 valence electrons. The van der Waals surface area contributed by atoms with Gasteiger partial charge in [-0.25, -0.2) is 19.9 Å². The highest BCUT2D eigenvalue weighted by Gasteiger charge is 2.20. The Bertz CT molecular complexity index is 1080. The van der Waals surface area contributed by atoms with E-state index in [-0.39, 0.29) is 16.8 Å². The lowest BCUT2D eigenvalue weighted by atomic mass is 10.0. The summed E-state index contributed by atoms with van der Waals surface area (Å²) in [6.07, 6.45) is 2.87. The molecule has 0 aliphatic carbocycles. The molecule has 2 aromatic carbocycles.